The van der Waals surface area contributed by atoms with E-state index in [4.69, 9.17) is 9.84 Å². The Kier molecular flexibility index (Phi) is 3.43. The number of ether oxygens (including phenoxy) is 1. The Labute approximate surface area is 106 Å². The normalized spacial score (nSPS) is 19.3. The number of aromatic hydroxyl groups is 1. The molecule has 1 atom stereocenters. The fourth-order valence-corrected chi connectivity index (χ4v) is 1.99. The van der Waals surface area contributed by atoms with Gasteiger partial charge in [-0.3, -0.25) is 4.90 Å². The summed E-state index contributed by atoms with van der Waals surface area (Å²) in [7, 11) is 2.01. The maximum atomic E-state index is 11.0. The lowest BCUT2D eigenvalue weighted by atomic mass is 10.1. The van der Waals surface area contributed by atoms with E-state index < -0.39 is 5.97 Å². The number of phenols is 1. The average molecular weight is 251 g/mol. The van der Waals surface area contributed by atoms with E-state index in [-0.39, 0.29) is 17.1 Å². The minimum absolute atomic E-state index is 0.0144. The number of carbonyl (C=O) groups is 1. The Morgan fingerprint density at radius 3 is 2.78 bits per heavy atom. The first-order valence-electron chi connectivity index (χ1n) is 5.89. The maximum absolute atomic E-state index is 11.0. The minimum atomic E-state index is -1.02. The number of likely N-dealkylation sites (tertiary alicyclic amines) is 1. The standard InChI is InChI=1S/C13H17NO4/c1-8-5-11(15)12(6-10(8)13(16)17)18-7-9-3-4-14(9)2/h5-6,9,15H,3-4,7H2,1-2H3,(H,16,17)/t9-/m0/s1. The van der Waals surface area contributed by atoms with Crippen LogP contribution in [0.15, 0.2) is 12.1 Å². The second-order valence-electron chi connectivity index (χ2n) is 4.67. The van der Waals surface area contributed by atoms with Crippen molar-refractivity contribution >= 4 is 5.97 Å². The van der Waals surface area contributed by atoms with Gasteiger partial charge in [0.25, 0.3) is 0 Å². The van der Waals surface area contributed by atoms with Crippen LogP contribution in [0, 0.1) is 6.92 Å². The number of aryl methyl sites for hydroxylation is 1. The zero-order valence-electron chi connectivity index (χ0n) is 10.5. The van der Waals surface area contributed by atoms with Gasteiger partial charge in [0.15, 0.2) is 11.5 Å². The number of rotatable bonds is 4. The number of benzene rings is 1. The predicted molar refractivity (Wildman–Crippen MR) is 66.3 cm³/mol. The van der Waals surface area contributed by atoms with Crippen molar-refractivity contribution in [3.05, 3.63) is 23.3 Å². The molecule has 0 aromatic heterocycles. The molecule has 1 aromatic rings. The van der Waals surface area contributed by atoms with Crippen LogP contribution in [-0.4, -0.2) is 47.3 Å². The van der Waals surface area contributed by atoms with E-state index >= 15 is 0 Å². The molecular formula is C13H17NO4. The van der Waals surface area contributed by atoms with E-state index in [1.54, 1.807) is 6.92 Å². The number of phenolic OH excluding ortho intramolecular Hbond substituents is 1. The molecule has 5 heteroatoms. The highest BCUT2D eigenvalue weighted by Crippen LogP contribution is 2.30. The smallest absolute Gasteiger partial charge is 0.336 e. The van der Waals surface area contributed by atoms with Crippen molar-refractivity contribution in [2.75, 3.05) is 20.2 Å². The van der Waals surface area contributed by atoms with Crippen molar-refractivity contribution in [1.29, 1.82) is 0 Å². The molecule has 2 N–H and O–H groups in total. The summed E-state index contributed by atoms with van der Waals surface area (Å²) in [4.78, 5) is 13.2. The van der Waals surface area contributed by atoms with E-state index in [1.165, 1.54) is 12.1 Å². The van der Waals surface area contributed by atoms with Gasteiger partial charge in [-0.15, -0.1) is 0 Å². The summed E-state index contributed by atoms with van der Waals surface area (Å²) in [6.07, 6.45) is 1.06. The number of hydrogen-bond acceptors (Lipinski definition) is 4. The molecule has 1 saturated heterocycles. The molecule has 0 unspecified atom stereocenters. The quantitative estimate of drug-likeness (QED) is 0.848. The topological polar surface area (TPSA) is 70.0 Å². The molecule has 1 aliphatic heterocycles. The van der Waals surface area contributed by atoms with Crippen molar-refractivity contribution in [3.63, 3.8) is 0 Å². The maximum Gasteiger partial charge on any atom is 0.336 e. The number of hydrogen-bond donors (Lipinski definition) is 2. The van der Waals surface area contributed by atoms with Crippen LogP contribution < -0.4 is 4.74 Å². The first-order chi connectivity index (χ1) is 8.49. The molecule has 1 heterocycles. The van der Waals surface area contributed by atoms with Gasteiger partial charge >= 0.3 is 5.97 Å². The van der Waals surface area contributed by atoms with Crippen molar-refractivity contribution < 1.29 is 19.7 Å². The summed E-state index contributed by atoms with van der Waals surface area (Å²) in [6.45, 7) is 3.16. The summed E-state index contributed by atoms with van der Waals surface area (Å²) < 4.78 is 5.50. The van der Waals surface area contributed by atoms with Crippen LogP contribution in [0.3, 0.4) is 0 Å². The van der Waals surface area contributed by atoms with Crippen LogP contribution >= 0.6 is 0 Å². The van der Waals surface area contributed by atoms with Crippen LogP contribution in [0.25, 0.3) is 0 Å². The highest BCUT2D eigenvalue weighted by molar-refractivity contribution is 5.90. The molecule has 0 aliphatic carbocycles. The van der Waals surface area contributed by atoms with Gasteiger partial charge in [0, 0.05) is 6.04 Å². The predicted octanol–water partition coefficient (Wildman–Crippen LogP) is 1.48. The van der Waals surface area contributed by atoms with E-state index in [0.29, 0.717) is 18.2 Å². The number of aromatic carboxylic acids is 1. The molecule has 18 heavy (non-hydrogen) atoms. The Morgan fingerprint density at radius 2 is 2.28 bits per heavy atom. The summed E-state index contributed by atoms with van der Waals surface area (Å²) in [5.74, 6) is -0.795. The Morgan fingerprint density at radius 1 is 1.56 bits per heavy atom. The molecule has 0 spiro atoms. The van der Waals surface area contributed by atoms with Crippen LogP contribution in [0.2, 0.25) is 0 Å². The van der Waals surface area contributed by atoms with E-state index in [1.807, 2.05) is 7.05 Å². The van der Waals surface area contributed by atoms with Crippen LogP contribution in [0.4, 0.5) is 0 Å². The fourth-order valence-electron chi connectivity index (χ4n) is 1.99. The Balaban J connectivity index is 2.11. The molecule has 0 amide bonds. The van der Waals surface area contributed by atoms with Gasteiger partial charge in [-0.2, -0.15) is 0 Å². The largest absolute Gasteiger partial charge is 0.504 e. The first kappa shape index (κ1) is 12.7. The summed E-state index contributed by atoms with van der Waals surface area (Å²) in [6, 6.07) is 3.15. The zero-order valence-corrected chi connectivity index (χ0v) is 10.5. The summed E-state index contributed by atoms with van der Waals surface area (Å²) in [5, 5.41) is 18.7. The van der Waals surface area contributed by atoms with Gasteiger partial charge < -0.3 is 14.9 Å². The van der Waals surface area contributed by atoms with Gasteiger partial charge in [0.2, 0.25) is 0 Å². The van der Waals surface area contributed by atoms with Gasteiger partial charge in [-0.25, -0.2) is 4.79 Å². The molecule has 1 aliphatic rings. The highest BCUT2D eigenvalue weighted by Gasteiger charge is 2.25. The average Bonchev–Trinajstić information content (AvgIpc) is 2.29. The number of nitrogens with zero attached hydrogens (tertiary/aromatic N) is 1. The monoisotopic (exact) mass is 251 g/mol. The zero-order chi connectivity index (χ0) is 13.3. The summed E-state index contributed by atoms with van der Waals surface area (Å²) in [5.41, 5.74) is 0.679. The Bertz CT molecular complexity index is 472. The molecule has 1 aromatic carbocycles. The second-order valence-corrected chi connectivity index (χ2v) is 4.67. The lowest BCUT2D eigenvalue weighted by Crippen LogP contribution is -2.48. The number of likely N-dealkylation sites (N-methyl/N-ethyl adjacent to an activating group) is 1. The number of carboxylic acid groups (broad SMARTS) is 1. The molecule has 0 bridgehead atoms. The molecule has 98 valence electrons. The molecular weight excluding hydrogens is 234 g/mol. The third-order valence-corrected chi connectivity index (χ3v) is 3.41. The lowest BCUT2D eigenvalue weighted by molar-refractivity contribution is 0.0690. The molecule has 0 radical (unpaired) electrons. The van der Waals surface area contributed by atoms with E-state index in [2.05, 4.69) is 4.90 Å². The van der Waals surface area contributed by atoms with Crippen LogP contribution in [-0.2, 0) is 0 Å². The molecule has 1 fully saturated rings. The van der Waals surface area contributed by atoms with Gasteiger partial charge in [-0.1, -0.05) is 0 Å². The lowest BCUT2D eigenvalue weighted by Gasteiger charge is -2.37. The first-order valence-corrected chi connectivity index (χ1v) is 5.89. The van der Waals surface area contributed by atoms with Crippen LogP contribution in [0.5, 0.6) is 11.5 Å². The van der Waals surface area contributed by atoms with Gasteiger partial charge in [0.05, 0.1) is 5.56 Å². The van der Waals surface area contributed by atoms with Crippen molar-refractivity contribution in [2.24, 2.45) is 0 Å². The minimum Gasteiger partial charge on any atom is -0.504 e. The fraction of sp³-hybridized carbons (Fsp3) is 0.462. The highest BCUT2D eigenvalue weighted by atomic mass is 16.5. The second kappa shape index (κ2) is 4.86. The molecule has 2 rings (SSSR count). The third-order valence-electron chi connectivity index (χ3n) is 3.41. The van der Waals surface area contributed by atoms with E-state index in [0.717, 1.165) is 13.0 Å². The summed E-state index contributed by atoms with van der Waals surface area (Å²) >= 11 is 0. The van der Waals surface area contributed by atoms with Gasteiger partial charge in [-0.05, 0) is 44.6 Å². The number of carboxylic acids is 1. The SMILES string of the molecule is Cc1cc(O)c(OC[C@@H]2CCN2C)cc1C(=O)O. The van der Waals surface area contributed by atoms with E-state index in [9.17, 15) is 9.90 Å². The van der Waals surface area contributed by atoms with Gasteiger partial charge in [0.1, 0.15) is 6.61 Å². The van der Waals surface area contributed by atoms with Crippen molar-refractivity contribution in [3.8, 4) is 11.5 Å². The van der Waals surface area contributed by atoms with Crippen LogP contribution in [0.1, 0.15) is 22.3 Å². The van der Waals surface area contributed by atoms with Crippen molar-refractivity contribution in [1.82, 2.24) is 4.90 Å². The third kappa shape index (κ3) is 2.41. The molecule has 5 nitrogen and oxygen atoms in total. The Hall–Kier alpha value is -1.75. The van der Waals surface area contributed by atoms with Crippen molar-refractivity contribution in [2.45, 2.75) is 19.4 Å². The molecule has 0 saturated carbocycles.